The van der Waals surface area contributed by atoms with E-state index in [1.807, 2.05) is 4.90 Å². The van der Waals surface area contributed by atoms with E-state index in [0.717, 1.165) is 52.2 Å². The summed E-state index contributed by atoms with van der Waals surface area (Å²) in [5, 5.41) is 15.1. The van der Waals surface area contributed by atoms with Crippen molar-refractivity contribution in [1.82, 2.24) is 15.0 Å². The van der Waals surface area contributed by atoms with E-state index in [1.165, 1.54) is 18.0 Å². The minimum absolute atomic E-state index is 0.0255. The van der Waals surface area contributed by atoms with Gasteiger partial charge in [0.15, 0.2) is 0 Å². The molecule has 0 aliphatic carbocycles. The first-order chi connectivity index (χ1) is 15.6. The van der Waals surface area contributed by atoms with Gasteiger partial charge < -0.3 is 19.3 Å². The van der Waals surface area contributed by atoms with Crippen LogP contribution in [0.15, 0.2) is 33.8 Å². The van der Waals surface area contributed by atoms with Gasteiger partial charge in [0.2, 0.25) is 0 Å². The van der Waals surface area contributed by atoms with Crippen LogP contribution in [0.1, 0.15) is 28.8 Å². The number of hydrogen-bond donors (Lipinski definition) is 1. The van der Waals surface area contributed by atoms with Gasteiger partial charge in [-0.05, 0) is 40.6 Å². The van der Waals surface area contributed by atoms with E-state index in [-0.39, 0.29) is 11.3 Å². The van der Waals surface area contributed by atoms with Crippen molar-refractivity contribution in [2.45, 2.75) is 25.6 Å². The summed E-state index contributed by atoms with van der Waals surface area (Å²) in [7, 11) is 1.79. The first kappa shape index (κ1) is 25.2. The van der Waals surface area contributed by atoms with Crippen molar-refractivity contribution < 1.29 is 37.1 Å². The number of carboxylic acids is 1. The van der Waals surface area contributed by atoms with Crippen LogP contribution in [0.3, 0.4) is 0 Å². The summed E-state index contributed by atoms with van der Waals surface area (Å²) >= 11 is 1.75. The number of halogens is 3. The molecule has 0 saturated carbocycles. The summed E-state index contributed by atoms with van der Waals surface area (Å²) in [6, 6.07) is 2.21. The zero-order valence-corrected chi connectivity index (χ0v) is 18.9. The molecule has 2 aliphatic heterocycles. The largest absolute Gasteiger partial charge is 0.490 e. The Labute approximate surface area is 192 Å². The van der Waals surface area contributed by atoms with E-state index in [0.29, 0.717) is 11.5 Å². The van der Waals surface area contributed by atoms with Gasteiger partial charge in [-0.25, -0.2) is 4.79 Å². The molecule has 1 amide bonds. The number of carboxylic acid groups (broad SMARTS) is 1. The lowest BCUT2D eigenvalue weighted by molar-refractivity contribution is -0.192. The lowest BCUT2D eigenvalue weighted by Gasteiger charge is -2.42. The molecule has 0 radical (unpaired) electrons. The second-order valence-corrected chi connectivity index (χ2v) is 9.10. The normalized spacial score (nSPS) is 20.5. The first-order valence-corrected chi connectivity index (χ1v) is 11.3. The van der Waals surface area contributed by atoms with Crippen molar-refractivity contribution in [2.24, 2.45) is 11.3 Å². The van der Waals surface area contributed by atoms with Gasteiger partial charge in [0.1, 0.15) is 6.26 Å². The molecule has 8 nitrogen and oxygen atoms in total. The molecule has 4 heterocycles. The Morgan fingerprint density at radius 1 is 1.36 bits per heavy atom. The smallest absolute Gasteiger partial charge is 0.475 e. The molecule has 2 aliphatic rings. The van der Waals surface area contributed by atoms with E-state index in [1.54, 1.807) is 18.4 Å². The van der Waals surface area contributed by atoms with Crippen LogP contribution in [0.25, 0.3) is 0 Å². The minimum Gasteiger partial charge on any atom is -0.475 e. The van der Waals surface area contributed by atoms with Crippen LogP contribution in [0.5, 0.6) is 0 Å². The third-order valence-electron chi connectivity index (χ3n) is 6.21. The highest BCUT2D eigenvalue weighted by molar-refractivity contribution is 7.07. The summed E-state index contributed by atoms with van der Waals surface area (Å²) in [5.74, 6) is -2.20. The molecular formula is C21H26F3N3O5S. The van der Waals surface area contributed by atoms with Crippen LogP contribution < -0.4 is 0 Å². The van der Waals surface area contributed by atoms with Gasteiger partial charge >= 0.3 is 12.1 Å². The number of likely N-dealkylation sites (tertiary alicyclic amines) is 2. The minimum atomic E-state index is -5.08. The lowest BCUT2D eigenvalue weighted by atomic mass is 9.71. The molecule has 2 aromatic rings. The number of amides is 1. The topological polar surface area (TPSA) is 96.1 Å². The Balaban J connectivity index is 0.000000383. The standard InChI is InChI=1S/C19H25N3O3S.C2HF3O2/c1-24-12-17-10-21(9-15-2-7-26-13-15)14-19(17)3-5-22(6-4-19)18(23)16-8-20-25-11-16;3-2(4,5)1(6)7/h2,7-8,11,13,17H,3-6,9-10,12,14H2,1H3;(H,6,7). The van der Waals surface area contributed by atoms with Crippen molar-refractivity contribution in [3.63, 3.8) is 0 Å². The van der Waals surface area contributed by atoms with Crippen molar-refractivity contribution in [3.05, 3.63) is 40.4 Å². The summed E-state index contributed by atoms with van der Waals surface area (Å²) in [6.45, 7) is 5.54. The summed E-state index contributed by atoms with van der Waals surface area (Å²) < 4.78 is 42.1. The highest BCUT2D eigenvalue weighted by atomic mass is 32.1. The zero-order chi connectivity index (χ0) is 24.1. The number of nitrogens with zero attached hydrogens (tertiary/aromatic N) is 3. The maximum Gasteiger partial charge on any atom is 0.490 e. The van der Waals surface area contributed by atoms with Crippen molar-refractivity contribution >= 4 is 23.2 Å². The first-order valence-electron chi connectivity index (χ1n) is 10.4. The van der Waals surface area contributed by atoms with Crippen molar-refractivity contribution in [1.29, 1.82) is 0 Å². The molecule has 33 heavy (non-hydrogen) atoms. The molecule has 2 aromatic heterocycles. The molecule has 4 rings (SSSR count). The third-order valence-corrected chi connectivity index (χ3v) is 6.94. The van der Waals surface area contributed by atoms with E-state index in [2.05, 4.69) is 26.9 Å². The predicted octanol–water partition coefficient (Wildman–Crippen LogP) is 3.37. The van der Waals surface area contributed by atoms with Gasteiger partial charge in [-0.15, -0.1) is 0 Å². The quantitative estimate of drug-likeness (QED) is 0.688. The molecule has 2 saturated heterocycles. The molecule has 12 heteroatoms. The molecule has 182 valence electrons. The number of carbonyl (C=O) groups excluding carboxylic acids is 1. The number of ether oxygens (including phenoxy) is 1. The second kappa shape index (κ2) is 10.7. The van der Waals surface area contributed by atoms with Crippen LogP contribution in [0.2, 0.25) is 0 Å². The fourth-order valence-electron chi connectivity index (χ4n) is 4.55. The highest BCUT2D eigenvalue weighted by Crippen LogP contribution is 2.45. The van der Waals surface area contributed by atoms with Gasteiger partial charge in [-0.3, -0.25) is 9.69 Å². The molecule has 1 atom stereocenters. The van der Waals surface area contributed by atoms with Crippen LogP contribution in [0.4, 0.5) is 13.2 Å². The number of hydrogen-bond acceptors (Lipinski definition) is 7. The van der Waals surface area contributed by atoms with Crippen LogP contribution in [-0.4, -0.2) is 78.0 Å². The fourth-order valence-corrected chi connectivity index (χ4v) is 5.21. The lowest BCUT2D eigenvalue weighted by Crippen LogP contribution is -2.47. The Morgan fingerprint density at radius 3 is 2.58 bits per heavy atom. The van der Waals surface area contributed by atoms with E-state index < -0.39 is 12.1 Å². The number of alkyl halides is 3. The third kappa shape index (κ3) is 6.33. The molecule has 1 spiro atoms. The highest BCUT2D eigenvalue weighted by Gasteiger charge is 2.48. The average Bonchev–Trinajstić information content (AvgIpc) is 3.52. The molecule has 1 unspecified atom stereocenters. The van der Waals surface area contributed by atoms with E-state index in [4.69, 9.17) is 19.2 Å². The van der Waals surface area contributed by atoms with Gasteiger partial charge in [0.05, 0.1) is 18.4 Å². The number of rotatable bonds is 5. The molecule has 0 bridgehead atoms. The molecule has 0 aromatic carbocycles. The average molecular weight is 490 g/mol. The number of piperidine rings is 1. The Bertz CT molecular complexity index is 897. The summed E-state index contributed by atoms with van der Waals surface area (Å²) in [4.78, 5) is 25.9. The van der Waals surface area contributed by atoms with Crippen LogP contribution in [-0.2, 0) is 16.1 Å². The van der Waals surface area contributed by atoms with E-state index >= 15 is 0 Å². The molecule has 1 N–H and O–H groups in total. The SMILES string of the molecule is COCC1CN(Cc2ccsc2)CC12CCN(C(=O)c1cnoc1)CC2.O=C(O)C(F)(F)F. The maximum atomic E-state index is 12.5. The van der Waals surface area contributed by atoms with Crippen LogP contribution in [0, 0.1) is 11.3 Å². The Morgan fingerprint density at radius 2 is 2.06 bits per heavy atom. The number of aliphatic carboxylic acids is 1. The number of aromatic nitrogens is 1. The maximum absolute atomic E-state index is 12.5. The van der Waals surface area contributed by atoms with Gasteiger partial charge in [-0.2, -0.15) is 24.5 Å². The Kier molecular flexibility index (Phi) is 8.14. The molecular weight excluding hydrogens is 463 g/mol. The number of methoxy groups -OCH3 is 1. The number of carbonyl (C=O) groups is 2. The fraction of sp³-hybridized carbons (Fsp3) is 0.571. The van der Waals surface area contributed by atoms with Gasteiger partial charge in [0, 0.05) is 45.8 Å². The zero-order valence-electron chi connectivity index (χ0n) is 18.1. The monoisotopic (exact) mass is 489 g/mol. The van der Waals surface area contributed by atoms with Crippen molar-refractivity contribution in [3.8, 4) is 0 Å². The number of thiophene rings is 1. The summed E-state index contributed by atoms with van der Waals surface area (Å²) in [6.07, 6.45) is -0.104. The molecule has 2 fully saturated rings. The summed E-state index contributed by atoms with van der Waals surface area (Å²) in [5.41, 5.74) is 2.18. The Hall–Kier alpha value is -2.44. The second-order valence-electron chi connectivity index (χ2n) is 8.32. The van der Waals surface area contributed by atoms with Gasteiger partial charge in [-0.1, -0.05) is 5.16 Å². The van der Waals surface area contributed by atoms with E-state index in [9.17, 15) is 18.0 Å². The van der Waals surface area contributed by atoms with Crippen LogP contribution >= 0.6 is 11.3 Å². The van der Waals surface area contributed by atoms with Gasteiger partial charge in [0.25, 0.3) is 5.91 Å². The van der Waals surface area contributed by atoms with Crippen molar-refractivity contribution in [2.75, 3.05) is 39.9 Å². The predicted molar refractivity (Wildman–Crippen MR) is 113 cm³/mol.